The van der Waals surface area contributed by atoms with Crippen LogP contribution in [-0.4, -0.2) is 28.4 Å². The Kier molecular flexibility index (Phi) is 3.83. The molecule has 1 aliphatic rings. The first-order chi connectivity index (χ1) is 10.1. The van der Waals surface area contributed by atoms with Crippen LogP contribution in [0, 0.1) is 6.92 Å². The number of anilines is 1. The Hall–Kier alpha value is -2.02. The van der Waals surface area contributed by atoms with Gasteiger partial charge in [-0.2, -0.15) is 0 Å². The molecule has 1 amide bonds. The number of carbonyl (C=O) groups excluding carboxylic acids is 1. The summed E-state index contributed by atoms with van der Waals surface area (Å²) in [6.07, 6.45) is 1.05. The van der Waals surface area contributed by atoms with Gasteiger partial charge in [0.15, 0.2) is 6.10 Å². The zero-order chi connectivity index (χ0) is 14.8. The lowest BCUT2D eigenvalue weighted by molar-refractivity contribution is 0.0393. The van der Waals surface area contributed by atoms with Crippen LogP contribution in [0.25, 0.3) is 0 Å². The molecule has 0 saturated heterocycles. The highest BCUT2D eigenvalue weighted by Gasteiger charge is 2.24. The van der Waals surface area contributed by atoms with Gasteiger partial charge < -0.3 is 9.47 Å². The smallest absolute Gasteiger partial charge is 0.412 e. The third-order valence-corrected chi connectivity index (χ3v) is 3.55. The summed E-state index contributed by atoms with van der Waals surface area (Å²) < 4.78 is 13.6. The lowest BCUT2D eigenvalue weighted by atomic mass is 10.3. The first kappa shape index (κ1) is 13.9. The summed E-state index contributed by atoms with van der Waals surface area (Å²) in [6.45, 7) is 2.75. The maximum absolute atomic E-state index is 11.9. The molecule has 1 aliphatic heterocycles. The molecular weight excluding hydrogens is 338 g/mol. The van der Waals surface area contributed by atoms with Gasteiger partial charge in [-0.15, -0.1) is 0 Å². The zero-order valence-corrected chi connectivity index (χ0v) is 13.0. The molecule has 7 heteroatoms. The van der Waals surface area contributed by atoms with E-state index in [4.69, 9.17) is 9.47 Å². The van der Waals surface area contributed by atoms with Crippen molar-refractivity contribution in [2.75, 3.05) is 11.9 Å². The Balaban J connectivity index is 1.57. The molecular formula is C14H14BrN3O3. The first-order valence-electron chi connectivity index (χ1n) is 6.50. The van der Waals surface area contributed by atoms with E-state index < -0.39 is 6.09 Å². The minimum absolute atomic E-state index is 0.310. The van der Waals surface area contributed by atoms with Crippen LogP contribution in [0.5, 0.6) is 6.01 Å². The number of imidazole rings is 1. The molecule has 0 bridgehead atoms. The number of halogens is 1. The summed E-state index contributed by atoms with van der Waals surface area (Å²) in [5, 5.41) is 2.68. The fourth-order valence-corrected chi connectivity index (χ4v) is 2.38. The predicted molar refractivity (Wildman–Crippen MR) is 80.5 cm³/mol. The van der Waals surface area contributed by atoms with Crippen LogP contribution in [0.3, 0.4) is 0 Å². The Bertz CT molecular complexity index is 654. The van der Waals surface area contributed by atoms with Gasteiger partial charge in [-0.25, -0.2) is 9.78 Å². The van der Waals surface area contributed by atoms with E-state index in [0.717, 1.165) is 10.2 Å². The highest BCUT2D eigenvalue weighted by molar-refractivity contribution is 9.10. The molecule has 3 rings (SSSR count). The van der Waals surface area contributed by atoms with Crippen LogP contribution in [0.1, 0.15) is 5.69 Å². The van der Waals surface area contributed by atoms with Crippen molar-refractivity contribution in [3.8, 4) is 6.01 Å². The second-order valence-corrected chi connectivity index (χ2v) is 5.70. The summed E-state index contributed by atoms with van der Waals surface area (Å²) in [5.41, 5.74) is 1.56. The minimum Gasteiger partial charge on any atom is -0.461 e. The Morgan fingerprint density at radius 1 is 1.48 bits per heavy atom. The van der Waals surface area contributed by atoms with E-state index >= 15 is 0 Å². The number of hydrogen-bond donors (Lipinski definition) is 1. The molecule has 0 saturated carbocycles. The molecule has 1 aromatic heterocycles. The molecule has 2 aromatic rings. The fourth-order valence-electron chi connectivity index (χ4n) is 2.11. The van der Waals surface area contributed by atoms with E-state index in [0.29, 0.717) is 24.8 Å². The van der Waals surface area contributed by atoms with Gasteiger partial charge in [-0.05, 0) is 31.2 Å². The van der Waals surface area contributed by atoms with Crippen LogP contribution in [0.15, 0.2) is 34.9 Å². The molecule has 0 radical (unpaired) electrons. The number of aromatic nitrogens is 2. The third kappa shape index (κ3) is 3.36. The molecule has 1 atom stereocenters. The molecule has 2 heterocycles. The predicted octanol–water partition coefficient (Wildman–Crippen LogP) is 2.96. The normalized spacial score (nSPS) is 16.8. The van der Waals surface area contributed by atoms with E-state index in [1.807, 2.05) is 29.8 Å². The van der Waals surface area contributed by atoms with Gasteiger partial charge in [0.1, 0.15) is 6.61 Å². The number of carbonyl (C=O) groups is 1. The topological polar surface area (TPSA) is 65.4 Å². The summed E-state index contributed by atoms with van der Waals surface area (Å²) in [5.74, 6) is 0. The quantitative estimate of drug-likeness (QED) is 0.903. The van der Waals surface area contributed by atoms with Crippen molar-refractivity contribution in [2.45, 2.75) is 19.6 Å². The van der Waals surface area contributed by atoms with Crippen molar-refractivity contribution in [3.63, 3.8) is 0 Å². The number of fused-ring (bicyclic) bond motifs is 1. The highest BCUT2D eigenvalue weighted by Crippen LogP contribution is 2.19. The summed E-state index contributed by atoms with van der Waals surface area (Å²) in [4.78, 5) is 16.1. The molecule has 21 heavy (non-hydrogen) atoms. The number of aryl methyl sites for hydroxylation is 1. The SMILES string of the molecule is Cc1cn2c(n1)OC[C@@H](OC(=O)Nc1ccc(Br)cc1)C2. The van der Waals surface area contributed by atoms with Crippen molar-refractivity contribution >= 4 is 27.7 Å². The van der Waals surface area contributed by atoms with Crippen molar-refractivity contribution < 1.29 is 14.3 Å². The second-order valence-electron chi connectivity index (χ2n) is 4.79. The Morgan fingerprint density at radius 2 is 2.24 bits per heavy atom. The van der Waals surface area contributed by atoms with Gasteiger partial charge in [0.25, 0.3) is 6.01 Å². The number of nitrogens with one attached hydrogen (secondary N) is 1. The maximum Gasteiger partial charge on any atom is 0.412 e. The molecule has 110 valence electrons. The van der Waals surface area contributed by atoms with Gasteiger partial charge >= 0.3 is 6.09 Å². The molecule has 0 aliphatic carbocycles. The van der Waals surface area contributed by atoms with Gasteiger partial charge in [-0.3, -0.25) is 9.88 Å². The molecule has 0 fully saturated rings. The van der Waals surface area contributed by atoms with Crippen molar-refractivity contribution in [2.24, 2.45) is 0 Å². The van der Waals surface area contributed by atoms with Gasteiger partial charge in [0, 0.05) is 16.4 Å². The number of hydrogen-bond acceptors (Lipinski definition) is 4. The van der Waals surface area contributed by atoms with Crippen molar-refractivity contribution in [1.29, 1.82) is 0 Å². The van der Waals surface area contributed by atoms with Crippen molar-refractivity contribution in [1.82, 2.24) is 9.55 Å². The van der Waals surface area contributed by atoms with E-state index in [1.54, 1.807) is 12.1 Å². The monoisotopic (exact) mass is 351 g/mol. The lowest BCUT2D eigenvalue weighted by Crippen LogP contribution is -2.35. The van der Waals surface area contributed by atoms with Gasteiger partial charge in [0.2, 0.25) is 0 Å². The number of amides is 1. The van der Waals surface area contributed by atoms with Gasteiger partial charge in [0.05, 0.1) is 12.2 Å². The largest absolute Gasteiger partial charge is 0.461 e. The third-order valence-electron chi connectivity index (χ3n) is 3.02. The van der Waals surface area contributed by atoms with Crippen LogP contribution in [-0.2, 0) is 11.3 Å². The fraction of sp³-hybridized carbons (Fsp3) is 0.286. The second kappa shape index (κ2) is 5.77. The van der Waals surface area contributed by atoms with Crippen LogP contribution in [0.4, 0.5) is 10.5 Å². The zero-order valence-electron chi connectivity index (χ0n) is 11.4. The number of nitrogens with zero attached hydrogens (tertiary/aromatic N) is 2. The molecule has 6 nitrogen and oxygen atoms in total. The molecule has 1 N–H and O–H groups in total. The summed E-state index contributed by atoms with van der Waals surface area (Å²) in [6, 6.07) is 7.85. The Morgan fingerprint density at radius 3 is 3.00 bits per heavy atom. The number of benzene rings is 1. The standard InChI is InChI=1S/C14H14BrN3O3/c1-9-6-18-7-12(8-20-13(18)16-9)21-14(19)17-11-4-2-10(15)3-5-11/h2-6,12H,7-8H2,1H3,(H,17,19)/t12-/m0/s1. The molecule has 0 spiro atoms. The molecule has 1 aromatic carbocycles. The molecule has 0 unspecified atom stereocenters. The van der Waals surface area contributed by atoms with E-state index in [-0.39, 0.29) is 6.10 Å². The van der Waals surface area contributed by atoms with Crippen molar-refractivity contribution in [3.05, 3.63) is 40.6 Å². The minimum atomic E-state index is -0.494. The highest BCUT2D eigenvalue weighted by atomic mass is 79.9. The van der Waals surface area contributed by atoms with E-state index in [2.05, 4.69) is 26.2 Å². The number of rotatable bonds is 2. The lowest BCUT2D eigenvalue weighted by Gasteiger charge is -2.24. The van der Waals surface area contributed by atoms with Crippen LogP contribution < -0.4 is 10.1 Å². The summed E-state index contributed by atoms with van der Waals surface area (Å²) >= 11 is 3.34. The summed E-state index contributed by atoms with van der Waals surface area (Å²) in [7, 11) is 0. The Labute approximate surface area is 130 Å². The first-order valence-corrected chi connectivity index (χ1v) is 7.29. The van der Waals surface area contributed by atoms with Crippen LogP contribution >= 0.6 is 15.9 Å². The van der Waals surface area contributed by atoms with E-state index in [1.165, 1.54) is 0 Å². The number of ether oxygens (including phenoxy) is 2. The van der Waals surface area contributed by atoms with E-state index in [9.17, 15) is 4.79 Å². The average Bonchev–Trinajstić information content (AvgIpc) is 2.80. The average molecular weight is 352 g/mol. The van der Waals surface area contributed by atoms with Gasteiger partial charge in [-0.1, -0.05) is 15.9 Å². The van der Waals surface area contributed by atoms with Crippen LogP contribution in [0.2, 0.25) is 0 Å². The maximum atomic E-state index is 11.9.